The first-order valence-electron chi connectivity index (χ1n) is 12.6. The molecule has 0 unspecified atom stereocenters. The van der Waals surface area contributed by atoms with E-state index in [-0.39, 0.29) is 20.1 Å². The number of furan rings is 1. The molecule has 0 fully saturated rings. The molecule has 6 rings (SSSR count). The Morgan fingerprint density at radius 1 is 0.737 bits per heavy atom. The van der Waals surface area contributed by atoms with Crippen molar-refractivity contribution in [2.24, 2.45) is 0 Å². The van der Waals surface area contributed by atoms with Gasteiger partial charge in [0.15, 0.2) is 0 Å². The summed E-state index contributed by atoms with van der Waals surface area (Å²) in [5, 5.41) is 2.26. The molecule has 4 heteroatoms. The van der Waals surface area contributed by atoms with Gasteiger partial charge in [0.1, 0.15) is 5.58 Å². The predicted molar refractivity (Wildman–Crippen MR) is 153 cm³/mol. The van der Waals surface area contributed by atoms with Crippen molar-refractivity contribution in [3.05, 3.63) is 120 Å². The third kappa shape index (κ3) is 5.62. The molecule has 0 aliphatic heterocycles. The van der Waals surface area contributed by atoms with Gasteiger partial charge in [-0.1, -0.05) is 60.7 Å². The summed E-state index contributed by atoms with van der Waals surface area (Å²) >= 11 is 0. The molecule has 3 aromatic heterocycles. The maximum Gasteiger partial charge on any atom is 0.123 e. The van der Waals surface area contributed by atoms with Crippen molar-refractivity contribution < 1.29 is 24.5 Å². The van der Waals surface area contributed by atoms with Gasteiger partial charge in [0, 0.05) is 37.9 Å². The molecule has 0 N–H and O–H groups in total. The van der Waals surface area contributed by atoms with Crippen molar-refractivity contribution in [2.45, 2.75) is 40.5 Å². The summed E-state index contributed by atoms with van der Waals surface area (Å²) in [6.07, 6.45) is 3.77. The monoisotopic (exact) mass is 675 g/mol. The van der Waals surface area contributed by atoms with Crippen LogP contribution in [0.5, 0.6) is 0 Å². The summed E-state index contributed by atoms with van der Waals surface area (Å²) in [7, 11) is 0. The van der Waals surface area contributed by atoms with Crippen LogP contribution in [0.1, 0.15) is 42.0 Å². The van der Waals surface area contributed by atoms with E-state index in [1.165, 1.54) is 16.7 Å². The van der Waals surface area contributed by atoms with E-state index in [4.69, 9.17) is 4.42 Å². The molecule has 3 aromatic carbocycles. The molecule has 0 atom stereocenters. The largest absolute Gasteiger partial charge is 0.500 e. The Kier molecular flexibility index (Phi) is 8.56. The zero-order valence-corrected chi connectivity index (χ0v) is 24.7. The van der Waals surface area contributed by atoms with Crippen LogP contribution in [0, 0.1) is 32.9 Å². The average molecular weight is 675 g/mol. The van der Waals surface area contributed by atoms with E-state index in [2.05, 4.69) is 93.1 Å². The second-order valence-electron chi connectivity index (χ2n) is 9.72. The maximum atomic E-state index is 6.14. The van der Waals surface area contributed by atoms with E-state index in [0.29, 0.717) is 5.92 Å². The summed E-state index contributed by atoms with van der Waals surface area (Å²) in [4.78, 5) is 8.92. The number of nitrogens with zero attached hydrogens (tertiary/aromatic N) is 2. The average Bonchev–Trinajstić information content (AvgIpc) is 3.30. The van der Waals surface area contributed by atoms with Crippen LogP contribution in [0.15, 0.2) is 89.6 Å². The van der Waals surface area contributed by atoms with Crippen molar-refractivity contribution in [1.82, 2.24) is 9.97 Å². The van der Waals surface area contributed by atoms with Crippen molar-refractivity contribution in [2.75, 3.05) is 0 Å². The van der Waals surface area contributed by atoms with Crippen LogP contribution in [-0.2, 0) is 20.1 Å². The molecule has 0 spiro atoms. The van der Waals surface area contributed by atoms with Gasteiger partial charge < -0.3 is 14.4 Å². The third-order valence-corrected chi connectivity index (χ3v) is 6.58. The number of aryl methyl sites for hydroxylation is 3. The Labute approximate surface area is 238 Å². The van der Waals surface area contributed by atoms with Gasteiger partial charge in [-0.15, -0.1) is 54.1 Å². The predicted octanol–water partition coefficient (Wildman–Crippen LogP) is 9.04. The van der Waals surface area contributed by atoms with Gasteiger partial charge in [0.05, 0.1) is 5.58 Å². The smallest absolute Gasteiger partial charge is 0.123 e. The summed E-state index contributed by atoms with van der Waals surface area (Å²) in [6, 6.07) is 30.9. The van der Waals surface area contributed by atoms with Gasteiger partial charge in [-0.3, -0.25) is 0 Å². The van der Waals surface area contributed by atoms with Crippen LogP contribution in [0.3, 0.4) is 0 Å². The maximum absolute atomic E-state index is 6.14. The molecule has 0 amide bonds. The quantitative estimate of drug-likeness (QED) is 0.176. The number of hydrogen-bond donors (Lipinski definition) is 0. The number of hydrogen-bond acceptors (Lipinski definition) is 3. The summed E-state index contributed by atoms with van der Waals surface area (Å²) in [6.45, 7) is 10.7. The minimum absolute atomic E-state index is 0. The first-order valence-corrected chi connectivity index (χ1v) is 12.6. The van der Waals surface area contributed by atoms with Crippen LogP contribution in [0.2, 0.25) is 0 Å². The molecule has 6 aromatic rings. The van der Waals surface area contributed by atoms with Gasteiger partial charge >= 0.3 is 0 Å². The molecule has 38 heavy (non-hydrogen) atoms. The molecule has 0 saturated carbocycles. The number of benzene rings is 3. The number of aromatic nitrogens is 2. The first-order chi connectivity index (χ1) is 17.9. The van der Waals surface area contributed by atoms with Crippen LogP contribution in [-0.4, -0.2) is 9.97 Å². The molecular weight excluding hydrogens is 645 g/mol. The zero-order chi connectivity index (χ0) is 25.9. The van der Waals surface area contributed by atoms with Crippen molar-refractivity contribution >= 4 is 21.9 Å². The Hall–Kier alpha value is -3.59. The van der Waals surface area contributed by atoms with Gasteiger partial charge in [-0.25, -0.2) is 0 Å². The van der Waals surface area contributed by atoms with E-state index in [9.17, 15) is 0 Å². The minimum Gasteiger partial charge on any atom is -0.500 e. The fourth-order valence-corrected chi connectivity index (χ4v) is 4.63. The zero-order valence-electron chi connectivity index (χ0n) is 22.3. The van der Waals surface area contributed by atoms with E-state index in [1.54, 1.807) is 0 Å². The molecular formula is C34H30IrN2O-2. The van der Waals surface area contributed by atoms with Crippen molar-refractivity contribution in [1.29, 1.82) is 0 Å². The second kappa shape index (κ2) is 11.9. The Morgan fingerprint density at radius 3 is 2.29 bits per heavy atom. The van der Waals surface area contributed by atoms with Gasteiger partial charge in [0.2, 0.25) is 0 Å². The second-order valence-corrected chi connectivity index (χ2v) is 9.72. The Bertz CT molecular complexity index is 1690. The van der Waals surface area contributed by atoms with E-state index < -0.39 is 0 Å². The van der Waals surface area contributed by atoms with Crippen LogP contribution in [0.25, 0.3) is 44.5 Å². The van der Waals surface area contributed by atoms with E-state index in [0.717, 1.165) is 50.0 Å². The number of rotatable bonds is 3. The molecule has 0 saturated heterocycles. The van der Waals surface area contributed by atoms with Gasteiger partial charge in [-0.05, 0) is 60.8 Å². The van der Waals surface area contributed by atoms with Crippen molar-refractivity contribution in [3.8, 4) is 22.5 Å². The Balaban J connectivity index is 0.000000179. The molecule has 0 bridgehead atoms. The summed E-state index contributed by atoms with van der Waals surface area (Å²) < 4.78 is 6.14. The summed E-state index contributed by atoms with van der Waals surface area (Å²) in [5.41, 5.74) is 10.6. The van der Waals surface area contributed by atoms with E-state index in [1.807, 2.05) is 48.8 Å². The summed E-state index contributed by atoms with van der Waals surface area (Å²) in [5.74, 6) is 0.533. The molecule has 3 heterocycles. The van der Waals surface area contributed by atoms with E-state index >= 15 is 0 Å². The number of para-hydroxylation sites is 1. The molecule has 3 nitrogen and oxygen atoms in total. The van der Waals surface area contributed by atoms with Gasteiger partial charge in [-0.2, -0.15) is 0 Å². The van der Waals surface area contributed by atoms with Gasteiger partial charge in [0.25, 0.3) is 0 Å². The number of fused-ring (bicyclic) bond motifs is 3. The topological polar surface area (TPSA) is 38.9 Å². The molecule has 193 valence electrons. The fraction of sp³-hybridized carbons (Fsp3) is 0.176. The third-order valence-electron chi connectivity index (χ3n) is 6.58. The molecule has 1 radical (unpaired) electrons. The normalized spacial score (nSPS) is 10.8. The first kappa shape index (κ1) is 27.4. The van der Waals surface area contributed by atoms with Crippen LogP contribution < -0.4 is 0 Å². The van der Waals surface area contributed by atoms with Crippen LogP contribution in [0.4, 0.5) is 0 Å². The standard InChI is InChI=1S/C19H14NO.C15H16N.Ir/c1-12-9-10-20-17(11-12)16-8-4-7-15-14-6-3-5-13(2)18(14)21-19(15)16;1-11(2)14-9-15(16-10-12(14)3)13-7-5-4-6-8-13;/h3-7,9-11H,1-2H3;4-7,9-11H,1-3H3;/q2*-1;. The molecule has 0 aliphatic rings. The van der Waals surface area contributed by atoms with Crippen molar-refractivity contribution in [3.63, 3.8) is 0 Å². The number of pyridine rings is 2. The molecule has 0 aliphatic carbocycles. The minimum atomic E-state index is 0. The fourth-order valence-electron chi connectivity index (χ4n) is 4.63. The SMILES string of the molecule is Cc1ccnc(-c2[c-]ccc3c2oc2c(C)cccc23)c1.Cc1cnc(-c2[c-]cccc2)cc1C(C)C.[Ir]. The Morgan fingerprint density at radius 2 is 1.55 bits per heavy atom. The van der Waals surface area contributed by atoms with Crippen LogP contribution >= 0.6 is 0 Å².